The van der Waals surface area contributed by atoms with Gasteiger partial charge in [-0.15, -0.1) is 0 Å². The largest absolute Gasteiger partial charge is 0.351 e. The van der Waals surface area contributed by atoms with E-state index >= 15 is 0 Å². The molecule has 9 heteroatoms. The molecule has 1 N–H and O–H groups in total. The maximum absolute atomic E-state index is 13.5. The van der Waals surface area contributed by atoms with Crippen LogP contribution in [-0.2, 0) is 21.2 Å². The van der Waals surface area contributed by atoms with Gasteiger partial charge in [0.15, 0.2) is 9.84 Å². The van der Waals surface area contributed by atoms with Crippen molar-refractivity contribution in [1.82, 2.24) is 5.32 Å². The van der Waals surface area contributed by atoms with Gasteiger partial charge in [0.05, 0.1) is 9.82 Å². The fraction of sp³-hybridized carbons (Fsp3) is 0.188. The van der Waals surface area contributed by atoms with E-state index in [2.05, 4.69) is 5.32 Å². The van der Waals surface area contributed by atoms with Crippen molar-refractivity contribution in [1.29, 1.82) is 0 Å². The molecule has 2 rings (SSSR count). The predicted molar refractivity (Wildman–Crippen MR) is 88.0 cm³/mol. The monoisotopic (exact) mass is 366 g/mol. The van der Waals surface area contributed by atoms with Gasteiger partial charge in [0.1, 0.15) is 11.1 Å². The number of nitro benzene ring substituents is 1. The molecule has 0 saturated carbocycles. The third-order valence-corrected chi connectivity index (χ3v) is 5.70. The first-order valence-corrected chi connectivity index (χ1v) is 8.77. The van der Waals surface area contributed by atoms with Crippen molar-refractivity contribution in [2.75, 3.05) is 0 Å². The van der Waals surface area contributed by atoms with Crippen LogP contribution in [0.3, 0.4) is 0 Å². The van der Waals surface area contributed by atoms with Gasteiger partial charge in [-0.25, -0.2) is 12.8 Å². The van der Waals surface area contributed by atoms with Crippen LogP contribution in [0.5, 0.6) is 0 Å². The zero-order valence-electron chi connectivity index (χ0n) is 13.2. The zero-order chi connectivity index (χ0) is 18.6. The SMILES string of the molecule is C[C@@H](C(=O)NCc1ccccc1F)S(=O)(=O)c1ccc([N+](=O)[O-])cc1. The molecule has 0 unspecified atom stereocenters. The number of non-ortho nitro benzene ring substituents is 1. The second kappa shape index (κ2) is 7.39. The summed E-state index contributed by atoms with van der Waals surface area (Å²) >= 11 is 0. The first-order valence-electron chi connectivity index (χ1n) is 7.23. The maximum atomic E-state index is 13.5. The number of rotatable bonds is 6. The van der Waals surface area contributed by atoms with Gasteiger partial charge in [-0.05, 0) is 25.1 Å². The summed E-state index contributed by atoms with van der Waals surface area (Å²) in [6.45, 7) is 1.05. The van der Waals surface area contributed by atoms with E-state index < -0.39 is 31.7 Å². The van der Waals surface area contributed by atoms with E-state index in [-0.39, 0.29) is 22.7 Å². The molecule has 0 aliphatic carbocycles. The highest BCUT2D eigenvalue weighted by Gasteiger charge is 2.30. The zero-order valence-corrected chi connectivity index (χ0v) is 14.0. The lowest BCUT2D eigenvalue weighted by Crippen LogP contribution is -2.37. The molecule has 25 heavy (non-hydrogen) atoms. The van der Waals surface area contributed by atoms with Crippen LogP contribution < -0.4 is 5.32 Å². The number of benzene rings is 2. The molecule has 7 nitrogen and oxygen atoms in total. The van der Waals surface area contributed by atoms with Crippen molar-refractivity contribution in [3.8, 4) is 0 Å². The van der Waals surface area contributed by atoms with Crippen LogP contribution in [0.2, 0.25) is 0 Å². The van der Waals surface area contributed by atoms with Gasteiger partial charge in [-0.2, -0.15) is 0 Å². The topological polar surface area (TPSA) is 106 Å². The van der Waals surface area contributed by atoms with Crippen molar-refractivity contribution in [2.24, 2.45) is 0 Å². The number of hydrogen-bond acceptors (Lipinski definition) is 5. The van der Waals surface area contributed by atoms with Gasteiger partial charge in [0, 0.05) is 24.2 Å². The number of amides is 1. The molecule has 1 atom stereocenters. The van der Waals surface area contributed by atoms with E-state index in [1.807, 2.05) is 0 Å². The normalized spacial score (nSPS) is 12.4. The van der Waals surface area contributed by atoms with Crippen LogP contribution in [-0.4, -0.2) is 24.5 Å². The van der Waals surface area contributed by atoms with E-state index in [0.29, 0.717) is 0 Å². The Labute approximate surface area is 143 Å². The van der Waals surface area contributed by atoms with Gasteiger partial charge in [0.25, 0.3) is 5.69 Å². The van der Waals surface area contributed by atoms with E-state index in [1.54, 1.807) is 6.07 Å². The third-order valence-electron chi connectivity index (χ3n) is 3.62. The smallest absolute Gasteiger partial charge is 0.269 e. The molecule has 2 aromatic rings. The lowest BCUT2D eigenvalue weighted by atomic mass is 10.2. The van der Waals surface area contributed by atoms with E-state index in [9.17, 15) is 27.7 Å². The second-order valence-corrected chi connectivity index (χ2v) is 7.52. The molecule has 0 aliphatic rings. The van der Waals surface area contributed by atoms with E-state index in [0.717, 1.165) is 24.3 Å². The highest BCUT2D eigenvalue weighted by atomic mass is 32.2. The summed E-state index contributed by atoms with van der Waals surface area (Å²) in [7, 11) is -4.02. The quantitative estimate of drug-likeness (QED) is 0.623. The summed E-state index contributed by atoms with van der Waals surface area (Å²) < 4.78 is 38.4. The highest BCUT2D eigenvalue weighted by Crippen LogP contribution is 2.20. The summed E-state index contributed by atoms with van der Waals surface area (Å²) in [5.74, 6) is -1.30. The summed E-state index contributed by atoms with van der Waals surface area (Å²) in [6, 6.07) is 10.1. The van der Waals surface area contributed by atoms with Crippen LogP contribution in [0.1, 0.15) is 12.5 Å². The first-order chi connectivity index (χ1) is 11.7. The molecule has 0 spiro atoms. The number of hydrogen-bond donors (Lipinski definition) is 1. The number of halogens is 1. The fourth-order valence-electron chi connectivity index (χ4n) is 2.07. The lowest BCUT2D eigenvalue weighted by Gasteiger charge is -2.13. The van der Waals surface area contributed by atoms with Crippen LogP contribution in [0.25, 0.3) is 0 Å². The molecule has 2 aromatic carbocycles. The molecule has 0 heterocycles. The van der Waals surface area contributed by atoms with E-state index in [4.69, 9.17) is 0 Å². The lowest BCUT2D eigenvalue weighted by molar-refractivity contribution is -0.384. The van der Waals surface area contributed by atoms with Crippen LogP contribution in [0.15, 0.2) is 53.4 Å². The summed E-state index contributed by atoms with van der Waals surface area (Å²) in [5.41, 5.74) is -0.0219. The number of carbonyl (C=O) groups is 1. The second-order valence-electron chi connectivity index (χ2n) is 5.25. The Kier molecular flexibility index (Phi) is 5.48. The Bertz CT molecular complexity index is 897. The van der Waals surface area contributed by atoms with E-state index in [1.165, 1.54) is 25.1 Å². The number of nitro groups is 1. The Morgan fingerprint density at radius 3 is 2.36 bits per heavy atom. The Hall–Kier alpha value is -2.81. The molecule has 132 valence electrons. The Morgan fingerprint density at radius 1 is 1.20 bits per heavy atom. The minimum atomic E-state index is -4.02. The predicted octanol–water partition coefficient (Wildman–Crippen LogP) is 2.21. The van der Waals surface area contributed by atoms with Gasteiger partial charge in [-0.1, -0.05) is 18.2 Å². The fourth-order valence-corrected chi connectivity index (χ4v) is 3.36. The average molecular weight is 366 g/mol. The molecular weight excluding hydrogens is 351 g/mol. The van der Waals surface area contributed by atoms with Crippen molar-refractivity contribution in [2.45, 2.75) is 23.6 Å². The molecule has 0 radical (unpaired) electrons. The molecule has 0 aliphatic heterocycles. The number of sulfone groups is 1. The highest BCUT2D eigenvalue weighted by molar-refractivity contribution is 7.92. The maximum Gasteiger partial charge on any atom is 0.269 e. The molecule has 0 bridgehead atoms. The Balaban J connectivity index is 2.11. The standard InChI is InChI=1S/C16H15FN2O5S/c1-11(16(20)18-10-12-4-2-3-5-15(12)17)25(23,24)14-8-6-13(7-9-14)19(21)22/h2-9,11H,10H2,1H3,(H,18,20)/t11-/m0/s1. The minimum Gasteiger partial charge on any atom is -0.351 e. The van der Waals surface area contributed by atoms with Gasteiger partial charge < -0.3 is 5.32 Å². The molecular formula is C16H15FN2O5S. The van der Waals surface area contributed by atoms with Gasteiger partial charge in [-0.3, -0.25) is 14.9 Å². The van der Waals surface area contributed by atoms with Gasteiger partial charge >= 0.3 is 0 Å². The van der Waals surface area contributed by atoms with Crippen molar-refractivity contribution in [3.63, 3.8) is 0 Å². The van der Waals surface area contributed by atoms with Crippen LogP contribution in [0.4, 0.5) is 10.1 Å². The van der Waals surface area contributed by atoms with Crippen molar-refractivity contribution in [3.05, 3.63) is 70.0 Å². The summed E-state index contributed by atoms with van der Waals surface area (Å²) in [4.78, 5) is 21.9. The third kappa shape index (κ3) is 4.18. The summed E-state index contributed by atoms with van der Waals surface area (Å²) in [5, 5.41) is 11.6. The molecule has 0 saturated heterocycles. The van der Waals surface area contributed by atoms with Crippen LogP contribution >= 0.6 is 0 Å². The Morgan fingerprint density at radius 2 is 1.80 bits per heavy atom. The number of nitrogens with zero attached hydrogens (tertiary/aromatic N) is 1. The number of carbonyl (C=O) groups excluding carboxylic acids is 1. The molecule has 0 fully saturated rings. The van der Waals surface area contributed by atoms with Crippen LogP contribution in [0, 0.1) is 15.9 Å². The molecule has 0 aromatic heterocycles. The average Bonchev–Trinajstić information content (AvgIpc) is 2.60. The van der Waals surface area contributed by atoms with Crippen molar-refractivity contribution < 1.29 is 22.5 Å². The van der Waals surface area contributed by atoms with Gasteiger partial charge in [0.2, 0.25) is 5.91 Å². The number of nitrogens with one attached hydrogen (secondary N) is 1. The molecule has 1 amide bonds. The van der Waals surface area contributed by atoms with Crippen molar-refractivity contribution >= 4 is 21.4 Å². The summed E-state index contributed by atoms with van der Waals surface area (Å²) in [6.07, 6.45) is 0. The minimum absolute atomic E-state index is 0.147. The first kappa shape index (κ1) is 18.5.